The Morgan fingerprint density at radius 2 is 1.65 bits per heavy atom. The molecule has 1 atom stereocenters. The van der Waals surface area contributed by atoms with Crippen molar-refractivity contribution in [1.29, 1.82) is 0 Å². The second-order valence-corrected chi connectivity index (χ2v) is 9.59. The summed E-state index contributed by atoms with van der Waals surface area (Å²) in [5, 5.41) is 2.59. The van der Waals surface area contributed by atoms with Gasteiger partial charge in [-0.25, -0.2) is 12.7 Å². The quantitative estimate of drug-likeness (QED) is 0.609. The summed E-state index contributed by atoms with van der Waals surface area (Å²) in [6, 6.07) is 15.4. The van der Waals surface area contributed by atoms with Crippen LogP contribution in [0.5, 0.6) is 0 Å². The van der Waals surface area contributed by atoms with Crippen LogP contribution in [0.2, 0.25) is 0 Å². The van der Waals surface area contributed by atoms with E-state index in [9.17, 15) is 18.0 Å². The van der Waals surface area contributed by atoms with Crippen LogP contribution in [0.1, 0.15) is 30.9 Å². The van der Waals surface area contributed by atoms with Crippen molar-refractivity contribution >= 4 is 21.8 Å². The molecule has 0 aliphatic rings. The maximum atomic E-state index is 13.0. The second kappa shape index (κ2) is 11.1. The van der Waals surface area contributed by atoms with Crippen molar-refractivity contribution in [2.24, 2.45) is 0 Å². The van der Waals surface area contributed by atoms with E-state index in [1.54, 1.807) is 37.3 Å². The van der Waals surface area contributed by atoms with Crippen molar-refractivity contribution in [3.05, 3.63) is 65.7 Å². The number of rotatable bonds is 10. The minimum atomic E-state index is -3.60. The van der Waals surface area contributed by atoms with Crippen molar-refractivity contribution in [3.63, 3.8) is 0 Å². The van der Waals surface area contributed by atoms with Crippen molar-refractivity contribution in [2.45, 2.75) is 44.2 Å². The zero-order valence-electron chi connectivity index (χ0n) is 18.5. The summed E-state index contributed by atoms with van der Waals surface area (Å²) in [5.74, 6) is -0.439. The van der Waals surface area contributed by atoms with Gasteiger partial charge in [0.1, 0.15) is 6.04 Å². The largest absolute Gasteiger partial charge is 0.357 e. The van der Waals surface area contributed by atoms with Gasteiger partial charge in [-0.05, 0) is 38.0 Å². The highest BCUT2D eigenvalue weighted by molar-refractivity contribution is 7.89. The highest BCUT2D eigenvalue weighted by Crippen LogP contribution is 2.16. The molecular formula is C23H31N3O4S. The fourth-order valence-corrected chi connectivity index (χ4v) is 4.40. The molecule has 2 aromatic rings. The minimum absolute atomic E-state index is 0.141. The number of nitrogens with zero attached hydrogens (tertiary/aromatic N) is 2. The summed E-state index contributed by atoms with van der Waals surface area (Å²) in [4.78, 5) is 26.9. The van der Waals surface area contributed by atoms with Crippen LogP contribution in [0, 0.1) is 6.92 Å². The molecule has 0 unspecified atom stereocenters. The highest BCUT2D eigenvalue weighted by Gasteiger charge is 2.26. The number of aryl methyl sites for hydroxylation is 1. The lowest BCUT2D eigenvalue weighted by Gasteiger charge is -2.28. The maximum absolute atomic E-state index is 13.0. The number of amides is 2. The average Bonchev–Trinajstić information content (AvgIpc) is 2.77. The molecule has 0 bridgehead atoms. The Balaban J connectivity index is 2.03. The monoisotopic (exact) mass is 445 g/mol. The van der Waals surface area contributed by atoms with Crippen LogP contribution in [0.3, 0.4) is 0 Å². The number of benzene rings is 2. The van der Waals surface area contributed by atoms with Crippen molar-refractivity contribution in [2.75, 3.05) is 20.6 Å². The summed E-state index contributed by atoms with van der Waals surface area (Å²) >= 11 is 0. The first-order chi connectivity index (χ1) is 14.7. The standard InChI is InChI=1S/C23H31N3O4S/c1-18-12-14-20(15-13-18)17-26(19(2)23(28)24-3)22(27)11-8-16-25(4)31(29,30)21-9-6-5-7-10-21/h5-7,9-10,12-15,19H,8,11,16-17H2,1-4H3,(H,24,28)/t19-/m0/s1. The lowest BCUT2D eigenvalue weighted by atomic mass is 10.1. The fraction of sp³-hybridized carbons (Fsp3) is 0.391. The maximum Gasteiger partial charge on any atom is 0.242 e. The first kappa shape index (κ1) is 24.6. The molecule has 2 amide bonds. The molecule has 0 aromatic heterocycles. The second-order valence-electron chi connectivity index (χ2n) is 7.54. The molecule has 0 aliphatic carbocycles. The fourth-order valence-electron chi connectivity index (χ4n) is 3.17. The molecule has 2 aromatic carbocycles. The third-order valence-electron chi connectivity index (χ3n) is 5.20. The molecule has 0 saturated carbocycles. The normalized spacial score (nSPS) is 12.4. The number of hydrogen-bond donors (Lipinski definition) is 1. The van der Waals surface area contributed by atoms with E-state index >= 15 is 0 Å². The van der Waals surface area contributed by atoms with Gasteiger partial charge in [-0.1, -0.05) is 48.0 Å². The summed E-state index contributed by atoms with van der Waals surface area (Å²) < 4.78 is 26.5. The van der Waals surface area contributed by atoms with Crippen LogP contribution in [0.15, 0.2) is 59.5 Å². The molecule has 0 spiro atoms. The van der Waals surface area contributed by atoms with E-state index < -0.39 is 16.1 Å². The first-order valence-corrected chi connectivity index (χ1v) is 11.7. The van der Waals surface area contributed by atoms with E-state index in [1.165, 1.54) is 23.3 Å². The summed E-state index contributed by atoms with van der Waals surface area (Å²) in [6.45, 7) is 4.19. The molecule has 1 N–H and O–H groups in total. The average molecular weight is 446 g/mol. The SMILES string of the molecule is CNC(=O)[C@H](C)N(Cc1ccc(C)cc1)C(=O)CCCN(C)S(=O)(=O)c1ccccc1. The predicted octanol–water partition coefficient (Wildman–Crippen LogP) is 2.56. The van der Waals surface area contributed by atoms with Crippen LogP contribution in [-0.4, -0.2) is 56.1 Å². The molecule has 0 saturated heterocycles. The minimum Gasteiger partial charge on any atom is -0.357 e. The number of hydrogen-bond acceptors (Lipinski definition) is 4. The van der Waals surface area contributed by atoms with Gasteiger partial charge in [0, 0.05) is 33.6 Å². The zero-order chi connectivity index (χ0) is 23.0. The van der Waals surface area contributed by atoms with Crippen LogP contribution in [-0.2, 0) is 26.2 Å². The van der Waals surface area contributed by atoms with E-state index in [0.29, 0.717) is 13.0 Å². The lowest BCUT2D eigenvalue weighted by molar-refractivity contribution is -0.140. The summed E-state index contributed by atoms with van der Waals surface area (Å²) in [7, 11) is -0.557. The van der Waals surface area contributed by atoms with Crippen LogP contribution < -0.4 is 5.32 Å². The number of nitrogens with one attached hydrogen (secondary N) is 1. The Hall–Kier alpha value is -2.71. The molecular weight excluding hydrogens is 414 g/mol. The van der Waals surface area contributed by atoms with Gasteiger partial charge >= 0.3 is 0 Å². The molecule has 0 radical (unpaired) electrons. The van der Waals surface area contributed by atoms with Gasteiger partial charge in [0.25, 0.3) is 0 Å². The highest BCUT2D eigenvalue weighted by atomic mass is 32.2. The van der Waals surface area contributed by atoms with Crippen LogP contribution >= 0.6 is 0 Å². The van der Waals surface area contributed by atoms with Gasteiger partial charge in [0.2, 0.25) is 21.8 Å². The Kier molecular flexibility index (Phi) is 8.76. The Labute approximate surface area is 185 Å². The lowest BCUT2D eigenvalue weighted by Crippen LogP contribution is -2.46. The van der Waals surface area contributed by atoms with Crippen molar-refractivity contribution in [3.8, 4) is 0 Å². The first-order valence-electron chi connectivity index (χ1n) is 10.2. The zero-order valence-corrected chi connectivity index (χ0v) is 19.4. The molecule has 168 valence electrons. The predicted molar refractivity (Wildman–Crippen MR) is 121 cm³/mol. The van der Waals surface area contributed by atoms with E-state index in [-0.39, 0.29) is 29.7 Å². The van der Waals surface area contributed by atoms with E-state index in [0.717, 1.165) is 11.1 Å². The van der Waals surface area contributed by atoms with Gasteiger partial charge in [0.15, 0.2) is 0 Å². The van der Waals surface area contributed by atoms with Gasteiger partial charge in [-0.3, -0.25) is 9.59 Å². The summed E-state index contributed by atoms with van der Waals surface area (Å²) in [6.07, 6.45) is 0.494. The number of sulfonamides is 1. The Bertz CT molecular complexity index is 976. The van der Waals surface area contributed by atoms with E-state index in [1.807, 2.05) is 31.2 Å². The van der Waals surface area contributed by atoms with E-state index in [4.69, 9.17) is 0 Å². The number of carbonyl (C=O) groups excluding carboxylic acids is 2. The number of likely N-dealkylation sites (N-methyl/N-ethyl adjacent to an activating group) is 1. The number of carbonyl (C=O) groups is 2. The smallest absolute Gasteiger partial charge is 0.242 e. The summed E-state index contributed by atoms with van der Waals surface area (Å²) in [5.41, 5.74) is 2.04. The molecule has 8 heteroatoms. The van der Waals surface area contributed by atoms with E-state index in [2.05, 4.69) is 5.32 Å². The molecule has 0 fully saturated rings. The van der Waals surface area contributed by atoms with Gasteiger partial charge in [-0.2, -0.15) is 0 Å². The third-order valence-corrected chi connectivity index (χ3v) is 7.07. The van der Waals surface area contributed by atoms with Crippen molar-refractivity contribution in [1.82, 2.24) is 14.5 Å². The third kappa shape index (κ3) is 6.63. The van der Waals surface area contributed by atoms with Crippen LogP contribution in [0.4, 0.5) is 0 Å². The molecule has 0 heterocycles. The molecule has 2 rings (SSSR count). The molecule has 0 aliphatic heterocycles. The molecule has 7 nitrogen and oxygen atoms in total. The van der Waals surface area contributed by atoms with Crippen LogP contribution in [0.25, 0.3) is 0 Å². The molecule has 31 heavy (non-hydrogen) atoms. The van der Waals surface area contributed by atoms with Gasteiger partial charge < -0.3 is 10.2 Å². The Morgan fingerprint density at radius 3 is 2.23 bits per heavy atom. The van der Waals surface area contributed by atoms with Gasteiger partial charge in [0.05, 0.1) is 4.90 Å². The topological polar surface area (TPSA) is 86.8 Å². The van der Waals surface area contributed by atoms with Gasteiger partial charge in [-0.15, -0.1) is 0 Å². The Morgan fingerprint density at radius 1 is 1.03 bits per heavy atom. The van der Waals surface area contributed by atoms with Crippen molar-refractivity contribution < 1.29 is 18.0 Å².